The Morgan fingerprint density at radius 2 is 1.13 bits per heavy atom. The molecule has 23 heavy (non-hydrogen) atoms. The molecule has 0 N–H and O–H groups in total. The maximum atomic E-state index is 14.4. The van der Waals surface area contributed by atoms with Crippen molar-refractivity contribution in [1.82, 2.24) is 0 Å². The summed E-state index contributed by atoms with van der Waals surface area (Å²) in [7, 11) is 0. The Hall–Kier alpha value is -3.18. The fourth-order valence-electron chi connectivity index (χ4n) is 3.20. The Morgan fingerprint density at radius 1 is 0.652 bits per heavy atom. The van der Waals surface area contributed by atoms with E-state index in [0.29, 0.717) is 11.1 Å². The lowest BCUT2D eigenvalue weighted by Crippen LogP contribution is -1.92. The summed E-state index contributed by atoms with van der Waals surface area (Å²) in [5.41, 5.74) is 2.04. The summed E-state index contributed by atoms with van der Waals surface area (Å²) < 4.78 is 14.4. The number of nitriles is 1. The summed E-state index contributed by atoms with van der Waals surface area (Å²) >= 11 is 0. The molecular formula is C21H12FN. The zero-order valence-electron chi connectivity index (χ0n) is 12.3. The van der Waals surface area contributed by atoms with Crippen LogP contribution < -0.4 is 0 Å². The number of benzene rings is 4. The van der Waals surface area contributed by atoms with Gasteiger partial charge in [0.1, 0.15) is 11.9 Å². The van der Waals surface area contributed by atoms with E-state index in [2.05, 4.69) is 6.07 Å². The van der Waals surface area contributed by atoms with E-state index in [4.69, 9.17) is 0 Å². The van der Waals surface area contributed by atoms with Gasteiger partial charge in [0.25, 0.3) is 0 Å². The molecule has 0 aliphatic carbocycles. The SMILES string of the molecule is N#Cc1c2ccccc2c(-c2ccccc2F)c2ccccc12. The second-order valence-corrected chi connectivity index (χ2v) is 5.43. The largest absolute Gasteiger partial charge is 0.206 e. The van der Waals surface area contributed by atoms with E-state index in [-0.39, 0.29) is 5.82 Å². The van der Waals surface area contributed by atoms with Gasteiger partial charge < -0.3 is 0 Å². The molecule has 4 aromatic carbocycles. The lowest BCUT2D eigenvalue weighted by molar-refractivity contribution is 0.631. The van der Waals surface area contributed by atoms with Gasteiger partial charge in [-0.1, -0.05) is 66.7 Å². The molecule has 0 aromatic heterocycles. The molecule has 0 amide bonds. The molecule has 0 aliphatic rings. The monoisotopic (exact) mass is 297 g/mol. The Morgan fingerprint density at radius 3 is 1.65 bits per heavy atom. The number of hydrogen-bond acceptors (Lipinski definition) is 1. The topological polar surface area (TPSA) is 23.8 Å². The molecule has 0 fully saturated rings. The third kappa shape index (κ3) is 1.98. The molecule has 0 bridgehead atoms. The van der Waals surface area contributed by atoms with Gasteiger partial charge in [-0.2, -0.15) is 5.26 Å². The van der Waals surface area contributed by atoms with Gasteiger partial charge in [-0.05, 0) is 16.8 Å². The predicted octanol–water partition coefficient (Wildman–Crippen LogP) is 5.67. The number of fused-ring (bicyclic) bond motifs is 2. The minimum atomic E-state index is -0.257. The van der Waals surface area contributed by atoms with E-state index in [1.807, 2.05) is 54.6 Å². The van der Waals surface area contributed by atoms with Crippen LogP contribution >= 0.6 is 0 Å². The van der Waals surface area contributed by atoms with E-state index < -0.39 is 0 Å². The van der Waals surface area contributed by atoms with Crippen LogP contribution in [0.15, 0.2) is 72.8 Å². The first-order valence-electron chi connectivity index (χ1n) is 7.39. The average molecular weight is 297 g/mol. The highest BCUT2D eigenvalue weighted by molar-refractivity contribution is 6.16. The second kappa shape index (κ2) is 5.23. The van der Waals surface area contributed by atoms with E-state index in [9.17, 15) is 9.65 Å². The molecule has 0 saturated heterocycles. The van der Waals surface area contributed by atoms with Gasteiger partial charge in [0.2, 0.25) is 0 Å². The van der Waals surface area contributed by atoms with Crippen molar-refractivity contribution in [2.75, 3.05) is 0 Å². The van der Waals surface area contributed by atoms with Gasteiger partial charge in [-0.25, -0.2) is 4.39 Å². The van der Waals surface area contributed by atoms with Crippen molar-refractivity contribution in [2.24, 2.45) is 0 Å². The second-order valence-electron chi connectivity index (χ2n) is 5.43. The standard InChI is InChI=1S/C21H12FN/c22-20-12-6-5-11-18(20)21-16-9-3-1-7-14(16)19(13-23)15-8-2-4-10-17(15)21/h1-12H. The summed E-state index contributed by atoms with van der Waals surface area (Å²) in [4.78, 5) is 0. The Bertz CT molecular complexity index is 1030. The molecule has 0 unspecified atom stereocenters. The van der Waals surface area contributed by atoms with Crippen LogP contribution in [0.3, 0.4) is 0 Å². The highest BCUT2D eigenvalue weighted by Gasteiger charge is 2.16. The molecule has 0 aliphatic heterocycles. The van der Waals surface area contributed by atoms with Crippen LogP contribution in [0.2, 0.25) is 0 Å². The van der Waals surface area contributed by atoms with Gasteiger partial charge in [-0.15, -0.1) is 0 Å². The van der Waals surface area contributed by atoms with Crippen molar-refractivity contribution in [3.63, 3.8) is 0 Å². The first-order valence-corrected chi connectivity index (χ1v) is 7.39. The molecule has 0 atom stereocenters. The summed E-state index contributed by atoms with van der Waals surface area (Å²) in [5.74, 6) is -0.257. The van der Waals surface area contributed by atoms with Crippen LogP contribution in [0.1, 0.15) is 5.56 Å². The van der Waals surface area contributed by atoms with Gasteiger partial charge in [0.05, 0.1) is 5.56 Å². The molecule has 0 radical (unpaired) electrons. The average Bonchev–Trinajstić information content (AvgIpc) is 2.60. The highest BCUT2D eigenvalue weighted by atomic mass is 19.1. The molecule has 1 nitrogen and oxygen atoms in total. The third-order valence-corrected chi connectivity index (χ3v) is 4.19. The Labute approximate surface area is 133 Å². The molecule has 0 heterocycles. The van der Waals surface area contributed by atoms with Gasteiger partial charge in [0, 0.05) is 21.9 Å². The number of hydrogen-bond donors (Lipinski definition) is 0. The zero-order valence-corrected chi connectivity index (χ0v) is 12.3. The lowest BCUT2D eigenvalue weighted by atomic mass is 9.88. The first-order chi connectivity index (χ1) is 11.3. The number of nitrogens with zero attached hydrogens (tertiary/aromatic N) is 1. The van der Waals surface area contributed by atoms with Crippen molar-refractivity contribution in [1.29, 1.82) is 5.26 Å². The van der Waals surface area contributed by atoms with Crippen LogP contribution in [-0.2, 0) is 0 Å². The van der Waals surface area contributed by atoms with Crippen molar-refractivity contribution in [3.8, 4) is 17.2 Å². The van der Waals surface area contributed by atoms with Gasteiger partial charge in [-0.3, -0.25) is 0 Å². The minimum Gasteiger partial charge on any atom is -0.206 e. The van der Waals surface area contributed by atoms with Crippen LogP contribution in [-0.4, -0.2) is 0 Å². The van der Waals surface area contributed by atoms with Crippen LogP contribution in [0.5, 0.6) is 0 Å². The van der Waals surface area contributed by atoms with Crippen molar-refractivity contribution >= 4 is 21.5 Å². The molecule has 0 saturated carbocycles. The maximum Gasteiger partial charge on any atom is 0.131 e. The summed E-state index contributed by atoms with van der Waals surface area (Å²) in [6, 6.07) is 24.5. The Balaban J connectivity index is 2.31. The summed E-state index contributed by atoms with van der Waals surface area (Å²) in [5, 5.41) is 13.1. The van der Waals surface area contributed by atoms with Crippen LogP contribution in [0, 0.1) is 17.1 Å². The predicted molar refractivity (Wildman–Crippen MR) is 91.6 cm³/mol. The normalized spacial score (nSPS) is 10.8. The van der Waals surface area contributed by atoms with E-state index in [0.717, 1.165) is 27.1 Å². The molecule has 2 heteroatoms. The maximum absolute atomic E-state index is 14.4. The zero-order chi connectivity index (χ0) is 15.8. The van der Waals surface area contributed by atoms with E-state index in [1.54, 1.807) is 12.1 Å². The van der Waals surface area contributed by atoms with Crippen molar-refractivity contribution < 1.29 is 4.39 Å². The highest BCUT2D eigenvalue weighted by Crippen LogP contribution is 2.39. The van der Waals surface area contributed by atoms with Gasteiger partial charge in [0.15, 0.2) is 0 Å². The fraction of sp³-hybridized carbons (Fsp3) is 0. The third-order valence-electron chi connectivity index (χ3n) is 4.19. The van der Waals surface area contributed by atoms with Crippen LogP contribution in [0.4, 0.5) is 4.39 Å². The van der Waals surface area contributed by atoms with E-state index >= 15 is 0 Å². The number of halogens is 1. The van der Waals surface area contributed by atoms with Gasteiger partial charge >= 0.3 is 0 Å². The number of rotatable bonds is 1. The molecule has 4 rings (SSSR count). The molecule has 4 aromatic rings. The smallest absolute Gasteiger partial charge is 0.131 e. The van der Waals surface area contributed by atoms with Crippen LogP contribution in [0.25, 0.3) is 32.7 Å². The Kier molecular flexibility index (Phi) is 3.06. The molecular weight excluding hydrogens is 285 g/mol. The summed E-state index contributed by atoms with van der Waals surface area (Å²) in [6.45, 7) is 0. The summed E-state index contributed by atoms with van der Waals surface area (Å²) in [6.07, 6.45) is 0. The minimum absolute atomic E-state index is 0.257. The van der Waals surface area contributed by atoms with Crippen molar-refractivity contribution in [3.05, 3.63) is 84.2 Å². The lowest BCUT2D eigenvalue weighted by Gasteiger charge is -2.14. The molecule has 108 valence electrons. The fourth-order valence-corrected chi connectivity index (χ4v) is 3.20. The van der Waals surface area contributed by atoms with E-state index in [1.165, 1.54) is 6.07 Å². The quantitative estimate of drug-likeness (QED) is 0.415. The molecule has 0 spiro atoms. The first kappa shape index (κ1) is 13.5. The van der Waals surface area contributed by atoms with Crippen molar-refractivity contribution in [2.45, 2.75) is 0 Å².